The fourth-order valence-corrected chi connectivity index (χ4v) is 5.22. The van der Waals surface area contributed by atoms with Crippen LogP contribution in [0.2, 0.25) is 0 Å². The first kappa shape index (κ1) is 17.9. The topological polar surface area (TPSA) is 50.3 Å². The van der Waals surface area contributed by atoms with Gasteiger partial charge in [0.05, 0.1) is 16.1 Å². The van der Waals surface area contributed by atoms with E-state index in [1.807, 2.05) is 0 Å². The summed E-state index contributed by atoms with van der Waals surface area (Å²) in [6.07, 6.45) is 4.48. The number of hydrogen-bond donors (Lipinski definition) is 0. The predicted molar refractivity (Wildman–Crippen MR) is 104 cm³/mol. The number of sulfone groups is 1. The van der Waals surface area contributed by atoms with E-state index in [4.69, 9.17) is 0 Å². The summed E-state index contributed by atoms with van der Waals surface area (Å²) < 4.78 is 40.8. The zero-order valence-corrected chi connectivity index (χ0v) is 15.9. The monoisotopic (exact) mass is 384 g/mol. The SMILES string of the molecule is C[C@H]1CCCCN1c1c(S(=O)(=O)c2ccccc2)cnc2ccc(F)cc12. The van der Waals surface area contributed by atoms with Gasteiger partial charge < -0.3 is 4.90 Å². The lowest BCUT2D eigenvalue weighted by molar-refractivity contribution is 0.483. The molecule has 0 bridgehead atoms. The molecule has 1 aromatic heterocycles. The second kappa shape index (κ2) is 6.93. The van der Waals surface area contributed by atoms with Crippen molar-refractivity contribution in [1.29, 1.82) is 0 Å². The van der Waals surface area contributed by atoms with Crippen molar-refractivity contribution >= 4 is 26.4 Å². The lowest BCUT2D eigenvalue weighted by Crippen LogP contribution is -2.38. The Hall–Kier alpha value is -2.47. The first-order chi connectivity index (χ1) is 13.0. The number of aromatic nitrogens is 1. The molecular weight excluding hydrogens is 363 g/mol. The minimum Gasteiger partial charge on any atom is -0.367 e. The maximum absolute atomic E-state index is 14.0. The molecule has 0 spiro atoms. The van der Waals surface area contributed by atoms with E-state index in [1.54, 1.807) is 36.4 Å². The van der Waals surface area contributed by atoms with E-state index in [0.29, 0.717) is 16.6 Å². The molecule has 3 aromatic rings. The van der Waals surface area contributed by atoms with Gasteiger partial charge in [-0.15, -0.1) is 0 Å². The standard InChI is InChI=1S/C21H21FN2O2S/c1-15-7-5-6-12-24(15)21-18-13-16(22)10-11-19(18)23-14-20(21)27(25,26)17-8-3-2-4-9-17/h2-4,8-11,13-15H,5-7,12H2,1H3/t15-/m0/s1. The van der Waals surface area contributed by atoms with Crippen LogP contribution in [0.3, 0.4) is 0 Å². The number of fused-ring (bicyclic) bond motifs is 1. The highest BCUT2D eigenvalue weighted by Crippen LogP contribution is 2.38. The van der Waals surface area contributed by atoms with Crippen molar-refractivity contribution in [3.05, 3.63) is 60.5 Å². The van der Waals surface area contributed by atoms with Crippen LogP contribution in [0, 0.1) is 5.82 Å². The Morgan fingerprint density at radius 3 is 2.63 bits per heavy atom. The molecule has 4 rings (SSSR count). The summed E-state index contributed by atoms with van der Waals surface area (Å²) in [4.78, 5) is 6.78. The highest BCUT2D eigenvalue weighted by molar-refractivity contribution is 7.91. The quantitative estimate of drug-likeness (QED) is 0.663. The largest absolute Gasteiger partial charge is 0.367 e. The van der Waals surface area contributed by atoms with Gasteiger partial charge in [-0.3, -0.25) is 4.98 Å². The van der Waals surface area contributed by atoms with Crippen LogP contribution in [0.4, 0.5) is 10.1 Å². The first-order valence-corrected chi connectivity index (χ1v) is 10.6. The van der Waals surface area contributed by atoms with Gasteiger partial charge in [-0.25, -0.2) is 12.8 Å². The molecular formula is C21H21FN2O2S. The molecule has 0 unspecified atom stereocenters. The van der Waals surface area contributed by atoms with Crippen LogP contribution in [-0.4, -0.2) is 26.0 Å². The summed E-state index contributed by atoms with van der Waals surface area (Å²) in [7, 11) is -3.77. The van der Waals surface area contributed by atoms with Crippen molar-refractivity contribution in [3.8, 4) is 0 Å². The van der Waals surface area contributed by atoms with Crippen LogP contribution in [0.15, 0.2) is 64.5 Å². The Morgan fingerprint density at radius 2 is 1.89 bits per heavy atom. The molecule has 1 aliphatic heterocycles. The zero-order valence-electron chi connectivity index (χ0n) is 15.1. The first-order valence-electron chi connectivity index (χ1n) is 9.13. The molecule has 4 nitrogen and oxygen atoms in total. The van der Waals surface area contributed by atoms with E-state index >= 15 is 0 Å². The van der Waals surface area contributed by atoms with Gasteiger partial charge in [0.2, 0.25) is 9.84 Å². The van der Waals surface area contributed by atoms with Gasteiger partial charge in [-0.2, -0.15) is 0 Å². The van der Waals surface area contributed by atoms with Crippen LogP contribution in [-0.2, 0) is 9.84 Å². The molecule has 140 valence electrons. The number of hydrogen-bond acceptors (Lipinski definition) is 4. The average molecular weight is 384 g/mol. The molecule has 2 aromatic carbocycles. The smallest absolute Gasteiger partial charge is 0.210 e. The van der Waals surface area contributed by atoms with E-state index in [9.17, 15) is 12.8 Å². The van der Waals surface area contributed by atoms with Gasteiger partial charge in [0.1, 0.15) is 10.7 Å². The molecule has 1 saturated heterocycles. The number of benzene rings is 2. The minimum atomic E-state index is -3.77. The predicted octanol–water partition coefficient (Wildman–Crippen LogP) is 4.59. The Morgan fingerprint density at radius 1 is 1.11 bits per heavy atom. The van der Waals surface area contributed by atoms with Gasteiger partial charge in [0.25, 0.3) is 0 Å². The normalized spacial score (nSPS) is 18.0. The van der Waals surface area contributed by atoms with E-state index in [1.165, 1.54) is 18.3 Å². The van der Waals surface area contributed by atoms with Gasteiger partial charge in [0, 0.05) is 24.2 Å². The molecule has 1 atom stereocenters. The maximum atomic E-state index is 14.0. The fourth-order valence-electron chi connectivity index (χ4n) is 3.78. The Balaban J connectivity index is 2.02. The summed E-state index contributed by atoms with van der Waals surface area (Å²) in [5.74, 6) is -0.399. The Labute approximate surface area is 158 Å². The maximum Gasteiger partial charge on any atom is 0.210 e. The van der Waals surface area contributed by atoms with Gasteiger partial charge >= 0.3 is 0 Å². The molecule has 0 aliphatic carbocycles. The fraction of sp³-hybridized carbons (Fsp3) is 0.286. The van der Waals surface area contributed by atoms with E-state index in [-0.39, 0.29) is 15.8 Å². The number of halogens is 1. The van der Waals surface area contributed by atoms with E-state index < -0.39 is 15.7 Å². The van der Waals surface area contributed by atoms with Crippen LogP contribution >= 0.6 is 0 Å². The third kappa shape index (κ3) is 3.18. The molecule has 27 heavy (non-hydrogen) atoms. The van der Waals surface area contributed by atoms with Gasteiger partial charge in [-0.05, 0) is 56.5 Å². The van der Waals surface area contributed by atoms with Crippen LogP contribution in [0.25, 0.3) is 10.9 Å². The summed E-state index contributed by atoms with van der Waals surface area (Å²) >= 11 is 0. The molecule has 1 fully saturated rings. The second-order valence-corrected chi connectivity index (χ2v) is 8.91. The minimum absolute atomic E-state index is 0.139. The summed E-state index contributed by atoms with van der Waals surface area (Å²) in [6.45, 7) is 2.83. The van der Waals surface area contributed by atoms with Crippen LogP contribution < -0.4 is 4.90 Å². The molecule has 0 N–H and O–H groups in total. The van der Waals surface area contributed by atoms with Crippen LogP contribution in [0.1, 0.15) is 26.2 Å². The molecule has 0 amide bonds. The average Bonchev–Trinajstić information content (AvgIpc) is 2.68. The summed E-state index contributed by atoms with van der Waals surface area (Å²) in [5, 5.41) is 0.542. The van der Waals surface area contributed by atoms with Crippen molar-refractivity contribution in [2.75, 3.05) is 11.4 Å². The number of rotatable bonds is 3. The lowest BCUT2D eigenvalue weighted by Gasteiger charge is -2.37. The molecule has 6 heteroatoms. The van der Waals surface area contributed by atoms with Crippen molar-refractivity contribution in [1.82, 2.24) is 4.98 Å². The van der Waals surface area contributed by atoms with E-state index in [0.717, 1.165) is 25.8 Å². The van der Waals surface area contributed by atoms with E-state index in [2.05, 4.69) is 16.8 Å². The van der Waals surface area contributed by atoms with Crippen molar-refractivity contribution < 1.29 is 12.8 Å². The third-order valence-corrected chi connectivity index (χ3v) is 6.97. The van der Waals surface area contributed by atoms with Crippen molar-refractivity contribution in [3.63, 3.8) is 0 Å². The third-order valence-electron chi connectivity index (χ3n) is 5.20. The summed E-state index contributed by atoms with van der Waals surface area (Å²) in [5.41, 5.74) is 1.16. The lowest BCUT2D eigenvalue weighted by atomic mass is 10.0. The van der Waals surface area contributed by atoms with Crippen molar-refractivity contribution in [2.45, 2.75) is 42.0 Å². The molecule has 0 radical (unpaired) electrons. The van der Waals surface area contributed by atoms with Crippen LogP contribution in [0.5, 0.6) is 0 Å². The number of anilines is 1. The number of pyridine rings is 1. The van der Waals surface area contributed by atoms with Crippen molar-refractivity contribution in [2.24, 2.45) is 0 Å². The Bertz CT molecular complexity index is 1080. The molecule has 1 aliphatic rings. The molecule has 2 heterocycles. The van der Waals surface area contributed by atoms with Gasteiger partial charge in [0.15, 0.2) is 0 Å². The zero-order chi connectivity index (χ0) is 19.0. The molecule has 0 saturated carbocycles. The second-order valence-electron chi connectivity index (χ2n) is 6.99. The van der Waals surface area contributed by atoms with Gasteiger partial charge in [-0.1, -0.05) is 18.2 Å². The summed E-state index contributed by atoms with van der Waals surface area (Å²) in [6, 6.07) is 12.9. The number of nitrogens with zero attached hydrogens (tertiary/aromatic N) is 2. The highest BCUT2D eigenvalue weighted by Gasteiger charge is 2.30. The Kier molecular flexibility index (Phi) is 4.60. The number of piperidine rings is 1. The highest BCUT2D eigenvalue weighted by atomic mass is 32.2.